The number of hydrogen-bond donors (Lipinski definition) is 2. The third kappa shape index (κ3) is 5.20. The summed E-state index contributed by atoms with van der Waals surface area (Å²) in [6.45, 7) is 12.4. The van der Waals surface area contributed by atoms with Crippen LogP contribution < -0.4 is 10.0 Å². The number of benzene rings is 1. The van der Waals surface area contributed by atoms with Gasteiger partial charge in [-0.25, -0.2) is 17.9 Å². The van der Waals surface area contributed by atoms with Gasteiger partial charge < -0.3 is 5.32 Å². The van der Waals surface area contributed by atoms with Crippen LogP contribution in [0, 0.1) is 0 Å². The van der Waals surface area contributed by atoms with Crippen LogP contribution in [0.15, 0.2) is 12.1 Å². The molecule has 3 rings (SSSR count). The maximum absolute atomic E-state index is 13.1. The topological polar surface area (TPSA) is 78.5 Å². The molecule has 1 aromatic carbocycles. The molecule has 0 aliphatic carbocycles. The Morgan fingerprint density at radius 2 is 1.48 bits per heavy atom. The molecule has 31 heavy (non-hydrogen) atoms. The summed E-state index contributed by atoms with van der Waals surface area (Å²) in [7, 11) is -3.77. The van der Waals surface area contributed by atoms with Crippen LogP contribution in [0.4, 0.5) is 10.5 Å². The van der Waals surface area contributed by atoms with E-state index in [1.807, 2.05) is 39.8 Å². The van der Waals surface area contributed by atoms with Crippen molar-refractivity contribution in [2.24, 2.45) is 0 Å². The second kappa shape index (κ2) is 9.28. The summed E-state index contributed by atoms with van der Waals surface area (Å²) in [5.74, 6) is 0.248. The number of rotatable bonds is 6. The van der Waals surface area contributed by atoms with Gasteiger partial charge in [0.2, 0.25) is 10.0 Å². The number of amides is 2. The second-order valence-electron chi connectivity index (χ2n) is 9.89. The fourth-order valence-electron chi connectivity index (χ4n) is 5.32. The van der Waals surface area contributed by atoms with Crippen molar-refractivity contribution in [3.05, 3.63) is 28.3 Å². The van der Waals surface area contributed by atoms with Crippen LogP contribution in [-0.4, -0.2) is 42.7 Å². The monoisotopic (exact) mass is 469 g/mol. The average molecular weight is 470 g/mol. The molecule has 2 saturated heterocycles. The molecule has 174 valence electrons. The molecule has 2 atom stereocenters. The molecule has 0 spiro atoms. The van der Waals surface area contributed by atoms with Crippen LogP contribution in [0.25, 0.3) is 0 Å². The highest BCUT2D eigenvalue weighted by Crippen LogP contribution is 2.39. The number of hydrogen-bond acceptors (Lipinski definition) is 4. The van der Waals surface area contributed by atoms with Gasteiger partial charge in [0.25, 0.3) is 0 Å². The van der Waals surface area contributed by atoms with E-state index in [0.29, 0.717) is 29.6 Å². The number of carbonyl (C=O) groups excluding carboxylic acids is 1. The van der Waals surface area contributed by atoms with Gasteiger partial charge in [-0.3, -0.25) is 4.90 Å². The predicted molar refractivity (Wildman–Crippen MR) is 128 cm³/mol. The Kier molecular flexibility index (Phi) is 7.28. The Hall–Kier alpha value is -1.31. The first kappa shape index (κ1) is 24.3. The van der Waals surface area contributed by atoms with Crippen molar-refractivity contribution in [1.29, 1.82) is 0 Å². The Morgan fingerprint density at radius 3 is 1.90 bits per heavy atom. The molecule has 0 aromatic heterocycles. The zero-order chi connectivity index (χ0) is 23.1. The minimum atomic E-state index is -3.77. The van der Waals surface area contributed by atoms with Gasteiger partial charge in [0.05, 0.1) is 5.25 Å². The normalized spacial score (nSPS) is 24.3. The van der Waals surface area contributed by atoms with Gasteiger partial charge in [-0.2, -0.15) is 0 Å². The first-order valence-corrected chi connectivity index (χ1v) is 13.3. The van der Waals surface area contributed by atoms with Crippen molar-refractivity contribution in [3.63, 3.8) is 0 Å². The van der Waals surface area contributed by atoms with Crippen LogP contribution in [0.1, 0.15) is 90.2 Å². The number of sulfonamides is 1. The van der Waals surface area contributed by atoms with Crippen molar-refractivity contribution in [2.45, 2.75) is 102 Å². The van der Waals surface area contributed by atoms with Gasteiger partial charge >= 0.3 is 6.03 Å². The number of anilines is 1. The second-order valence-corrected chi connectivity index (χ2v) is 12.3. The first-order chi connectivity index (χ1) is 14.4. The van der Waals surface area contributed by atoms with E-state index in [2.05, 4.69) is 28.8 Å². The summed E-state index contributed by atoms with van der Waals surface area (Å²) in [6.07, 6.45) is 3.21. The number of fused-ring (bicyclic) bond motifs is 2. The fourth-order valence-corrected chi connectivity index (χ4v) is 6.98. The Balaban J connectivity index is 1.77. The third-order valence-corrected chi connectivity index (χ3v) is 8.61. The molecule has 1 aromatic rings. The fraction of sp³-hybridized carbons (Fsp3) is 0.696. The van der Waals surface area contributed by atoms with E-state index in [0.717, 1.165) is 24.0 Å². The van der Waals surface area contributed by atoms with E-state index >= 15 is 0 Å². The van der Waals surface area contributed by atoms with Crippen LogP contribution >= 0.6 is 11.6 Å². The zero-order valence-corrected chi connectivity index (χ0v) is 21.0. The molecule has 2 fully saturated rings. The van der Waals surface area contributed by atoms with Gasteiger partial charge in [-0.05, 0) is 74.6 Å². The number of urea groups is 1. The number of carbonyl (C=O) groups is 1. The maximum Gasteiger partial charge on any atom is 0.332 e. The Bertz CT molecular complexity index is 887. The lowest BCUT2D eigenvalue weighted by Gasteiger charge is -2.41. The molecule has 0 saturated carbocycles. The van der Waals surface area contributed by atoms with Gasteiger partial charge in [0, 0.05) is 28.8 Å². The zero-order valence-electron chi connectivity index (χ0n) is 19.4. The Morgan fingerprint density at radius 1 is 1.00 bits per heavy atom. The van der Waals surface area contributed by atoms with Crippen LogP contribution in [0.2, 0.25) is 5.02 Å². The van der Waals surface area contributed by atoms with E-state index < -0.39 is 21.3 Å². The standard InChI is InChI=1S/C23H36ClN3O3S/c1-13(2)20-9-16(24)10-21(14(3)4)22(20)25-23(28)26-31(29,30)19-11-17-7-8-18(12-19)27(17)15(5)6/h9-10,13-15,17-19H,7-8,11-12H2,1-6H3,(H2,25,26,28). The first-order valence-electron chi connectivity index (χ1n) is 11.3. The predicted octanol–water partition coefficient (Wildman–Crippen LogP) is 5.44. The molecule has 6 nitrogen and oxygen atoms in total. The summed E-state index contributed by atoms with van der Waals surface area (Å²) in [4.78, 5) is 15.3. The van der Waals surface area contributed by atoms with E-state index in [9.17, 15) is 13.2 Å². The molecule has 2 aliphatic heterocycles. The quantitative estimate of drug-likeness (QED) is 0.581. The largest absolute Gasteiger partial charge is 0.332 e. The summed E-state index contributed by atoms with van der Waals surface area (Å²) in [5.41, 5.74) is 2.44. The Labute approximate surface area is 192 Å². The van der Waals surface area contributed by atoms with Gasteiger partial charge in [0.1, 0.15) is 0 Å². The van der Waals surface area contributed by atoms with Crippen LogP contribution in [0.3, 0.4) is 0 Å². The molecule has 0 radical (unpaired) electrons. The van der Waals surface area contributed by atoms with Crippen molar-refractivity contribution >= 4 is 33.3 Å². The molecule has 2 aliphatic rings. The molecule has 2 bridgehead atoms. The van der Waals surface area contributed by atoms with Crippen molar-refractivity contribution in [3.8, 4) is 0 Å². The lowest BCUT2D eigenvalue weighted by atomic mass is 9.92. The van der Waals surface area contributed by atoms with Gasteiger partial charge in [0.15, 0.2) is 0 Å². The van der Waals surface area contributed by atoms with Crippen LogP contribution in [0.5, 0.6) is 0 Å². The number of nitrogens with one attached hydrogen (secondary N) is 2. The molecule has 2 amide bonds. The highest BCUT2D eigenvalue weighted by molar-refractivity contribution is 7.90. The third-order valence-electron chi connectivity index (χ3n) is 6.66. The summed E-state index contributed by atoms with van der Waals surface area (Å²) >= 11 is 6.29. The molecule has 2 unspecified atom stereocenters. The minimum Gasteiger partial charge on any atom is -0.307 e. The summed E-state index contributed by atoms with van der Waals surface area (Å²) in [5, 5.41) is 2.90. The molecule has 2 N–H and O–H groups in total. The van der Waals surface area contributed by atoms with E-state index in [-0.39, 0.29) is 23.9 Å². The van der Waals surface area contributed by atoms with Gasteiger partial charge in [-0.1, -0.05) is 39.3 Å². The van der Waals surface area contributed by atoms with Crippen molar-refractivity contribution in [2.75, 3.05) is 5.32 Å². The number of halogens is 1. The highest BCUT2D eigenvalue weighted by atomic mass is 35.5. The average Bonchev–Trinajstić information content (AvgIpc) is 2.92. The van der Waals surface area contributed by atoms with Crippen molar-refractivity contribution in [1.82, 2.24) is 9.62 Å². The summed E-state index contributed by atoms with van der Waals surface area (Å²) < 4.78 is 28.4. The number of piperidine rings is 1. The maximum atomic E-state index is 13.1. The van der Waals surface area contributed by atoms with Gasteiger partial charge in [-0.15, -0.1) is 0 Å². The lowest BCUT2D eigenvalue weighted by Crippen LogP contribution is -2.52. The smallest absolute Gasteiger partial charge is 0.307 e. The SMILES string of the molecule is CC(C)c1cc(Cl)cc(C(C)C)c1NC(=O)NS(=O)(=O)C1CC2CCC(C1)N2C(C)C. The highest BCUT2D eigenvalue weighted by Gasteiger charge is 2.46. The molecule has 8 heteroatoms. The van der Waals surface area contributed by atoms with E-state index in [4.69, 9.17) is 11.6 Å². The lowest BCUT2D eigenvalue weighted by molar-refractivity contribution is 0.105. The van der Waals surface area contributed by atoms with E-state index in [1.54, 1.807) is 0 Å². The van der Waals surface area contributed by atoms with E-state index in [1.165, 1.54) is 0 Å². The minimum absolute atomic E-state index is 0.124. The molecular weight excluding hydrogens is 434 g/mol. The molecular formula is C23H36ClN3O3S. The number of nitrogens with zero attached hydrogens (tertiary/aromatic N) is 1. The molecule has 2 heterocycles. The van der Waals surface area contributed by atoms with Crippen molar-refractivity contribution < 1.29 is 13.2 Å². The summed E-state index contributed by atoms with van der Waals surface area (Å²) in [6, 6.07) is 3.93. The van der Waals surface area contributed by atoms with Crippen LogP contribution in [-0.2, 0) is 10.0 Å².